The average molecular weight is 486 g/mol. The summed E-state index contributed by atoms with van der Waals surface area (Å²) in [7, 11) is 1.81. The fourth-order valence-corrected chi connectivity index (χ4v) is 5.14. The Bertz CT molecular complexity index is 1180. The SMILES string of the molecule is CSc1ncc(F)c(-c2ccc(-c3ncc(N(C)[C@H]4C[C@@H]5CCC[C@@H](N5)[C@H]4F)nn3)c(O)c2)n1. The molecule has 1 aromatic carbocycles. The molecular formula is C23H25F2N7OS. The van der Waals surface area contributed by atoms with Crippen molar-refractivity contribution < 1.29 is 13.9 Å². The summed E-state index contributed by atoms with van der Waals surface area (Å²) in [6.45, 7) is 0. The highest BCUT2D eigenvalue weighted by Crippen LogP contribution is 2.34. The maximum Gasteiger partial charge on any atom is 0.187 e. The lowest BCUT2D eigenvalue weighted by molar-refractivity contribution is 0.107. The number of nitrogens with one attached hydrogen (secondary N) is 1. The molecule has 0 radical (unpaired) electrons. The second-order valence-corrected chi connectivity index (χ2v) is 9.46. The Morgan fingerprint density at radius 3 is 2.76 bits per heavy atom. The van der Waals surface area contributed by atoms with Gasteiger partial charge in [0.05, 0.1) is 24.0 Å². The minimum Gasteiger partial charge on any atom is -0.507 e. The van der Waals surface area contributed by atoms with Crippen LogP contribution in [-0.2, 0) is 0 Å². The van der Waals surface area contributed by atoms with Gasteiger partial charge in [0.15, 0.2) is 22.6 Å². The molecule has 0 aliphatic carbocycles. The third kappa shape index (κ3) is 4.29. The third-order valence-corrected chi connectivity index (χ3v) is 7.18. The van der Waals surface area contributed by atoms with Crippen LogP contribution in [0.15, 0.2) is 35.7 Å². The summed E-state index contributed by atoms with van der Waals surface area (Å²) < 4.78 is 29.3. The molecule has 2 bridgehead atoms. The number of phenolic OH excluding ortho intramolecular Hbond substituents is 1. The fraction of sp³-hybridized carbons (Fsp3) is 0.435. The molecule has 2 aromatic heterocycles. The van der Waals surface area contributed by atoms with E-state index in [9.17, 15) is 9.50 Å². The number of fused-ring (bicyclic) bond motifs is 2. The van der Waals surface area contributed by atoms with Gasteiger partial charge in [-0.2, -0.15) is 0 Å². The lowest BCUT2D eigenvalue weighted by Crippen LogP contribution is -2.61. The third-order valence-electron chi connectivity index (χ3n) is 6.62. The quantitative estimate of drug-likeness (QED) is 0.415. The van der Waals surface area contributed by atoms with Gasteiger partial charge in [0.25, 0.3) is 0 Å². The number of hydrogen-bond donors (Lipinski definition) is 2. The molecule has 0 saturated carbocycles. The van der Waals surface area contributed by atoms with Crippen LogP contribution < -0.4 is 10.2 Å². The minimum absolute atomic E-state index is 0.102. The van der Waals surface area contributed by atoms with Gasteiger partial charge >= 0.3 is 0 Å². The van der Waals surface area contributed by atoms with Crippen molar-refractivity contribution >= 4 is 17.6 Å². The van der Waals surface area contributed by atoms with E-state index < -0.39 is 12.0 Å². The molecule has 0 unspecified atom stereocenters. The molecule has 34 heavy (non-hydrogen) atoms. The first-order valence-electron chi connectivity index (χ1n) is 11.2. The van der Waals surface area contributed by atoms with Crippen LogP contribution in [0.25, 0.3) is 22.6 Å². The molecule has 3 aromatic rings. The number of aromatic nitrogens is 5. The first-order chi connectivity index (χ1) is 16.4. The van der Waals surface area contributed by atoms with Crippen molar-refractivity contribution in [3.05, 3.63) is 36.4 Å². The first-order valence-corrected chi connectivity index (χ1v) is 12.4. The molecule has 2 saturated heterocycles. The Morgan fingerprint density at radius 1 is 1.18 bits per heavy atom. The Balaban J connectivity index is 1.36. The number of thioether (sulfide) groups is 1. The highest BCUT2D eigenvalue weighted by Gasteiger charge is 2.42. The molecule has 4 heterocycles. The summed E-state index contributed by atoms with van der Waals surface area (Å²) in [6, 6.07) is 4.55. The van der Waals surface area contributed by atoms with Crippen LogP contribution in [0.4, 0.5) is 14.6 Å². The van der Waals surface area contributed by atoms with Crippen LogP contribution in [0.3, 0.4) is 0 Å². The zero-order valence-electron chi connectivity index (χ0n) is 18.8. The molecule has 2 aliphatic heterocycles. The van der Waals surface area contributed by atoms with E-state index in [4.69, 9.17) is 0 Å². The molecule has 0 spiro atoms. The summed E-state index contributed by atoms with van der Waals surface area (Å²) in [5.74, 6) is -0.0177. The van der Waals surface area contributed by atoms with Crippen LogP contribution in [0, 0.1) is 5.82 Å². The van der Waals surface area contributed by atoms with Crippen LogP contribution in [0.1, 0.15) is 25.7 Å². The molecule has 8 nitrogen and oxygen atoms in total. The predicted molar refractivity (Wildman–Crippen MR) is 126 cm³/mol. The van der Waals surface area contributed by atoms with Crippen LogP contribution in [0.2, 0.25) is 0 Å². The van der Waals surface area contributed by atoms with Gasteiger partial charge in [0.1, 0.15) is 17.6 Å². The Hall–Kier alpha value is -2.92. The largest absolute Gasteiger partial charge is 0.507 e. The zero-order valence-corrected chi connectivity index (χ0v) is 19.6. The van der Waals surface area contributed by atoms with Crippen LogP contribution in [-0.4, -0.2) is 67.9 Å². The number of nitrogens with zero attached hydrogens (tertiary/aromatic N) is 6. The summed E-state index contributed by atoms with van der Waals surface area (Å²) in [4.78, 5) is 14.3. The highest BCUT2D eigenvalue weighted by molar-refractivity contribution is 7.98. The molecule has 2 aliphatic rings. The van der Waals surface area contributed by atoms with Crippen molar-refractivity contribution in [3.63, 3.8) is 0 Å². The standard InChI is InChI=1S/C23H25F2N7OS/c1-32(17-9-13-4-3-5-16(28-13)20(17)25)19-11-26-22(31-30-19)14-7-6-12(8-18(14)33)21-15(24)10-27-23(29-21)34-2/h6-8,10-11,13,16-17,20,28,33H,3-5,9H2,1-2H3/t13-,16+,17-,20+/m0/s1. The van der Waals surface area contributed by atoms with Crippen molar-refractivity contribution in [2.24, 2.45) is 0 Å². The Labute approximate surface area is 200 Å². The lowest BCUT2D eigenvalue weighted by Gasteiger charge is -2.45. The van der Waals surface area contributed by atoms with E-state index in [0.29, 0.717) is 34.6 Å². The highest BCUT2D eigenvalue weighted by atomic mass is 32.2. The molecule has 5 rings (SSSR count). The molecule has 0 amide bonds. The second-order valence-electron chi connectivity index (χ2n) is 8.68. The average Bonchev–Trinajstić information content (AvgIpc) is 2.86. The number of piperidine rings is 2. The number of anilines is 1. The van der Waals surface area contributed by atoms with Crippen molar-refractivity contribution in [1.29, 1.82) is 0 Å². The van der Waals surface area contributed by atoms with Crippen molar-refractivity contribution in [2.75, 3.05) is 18.2 Å². The van der Waals surface area contributed by atoms with Gasteiger partial charge in [-0.05, 0) is 37.7 Å². The van der Waals surface area contributed by atoms with E-state index in [1.54, 1.807) is 18.4 Å². The van der Waals surface area contributed by atoms with Gasteiger partial charge in [0.2, 0.25) is 0 Å². The zero-order chi connectivity index (χ0) is 23.8. The summed E-state index contributed by atoms with van der Waals surface area (Å²) in [5, 5.41) is 22.8. The van der Waals surface area contributed by atoms with Gasteiger partial charge in [-0.15, -0.1) is 10.2 Å². The first kappa shape index (κ1) is 22.9. The Kier molecular flexibility index (Phi) is 6.30. The molecular weight excluding hydrogens is 460 g/mol. The van der Waals surface area contributed by atoms with Crippen molar-refractivity contribution in [2.45, 2.75) is 55.1 Å². The van der Waals surface area contributed by atoms with Gasteiger partial charge in [-0.25, -0.2) is 23.7 Å². The van der Waals surface area contributed by atoms with Gasteiger partial charge < -0.3 is 15.3 Å². The summed E-state index contributed by atoms with van der Waals surface area (Å²) >= 11 is 1.30. The number of halogens is 2. The number of benzene rings is 1. The monoisotopic (exact) mass is 485 g/mol. The molecule has 178 valence electrons. The molecule has 2 fully saturated rings. The van der Waals surface area contributed by atoms with Crippen LogP contribution >= 0.6 is 11.8 Å². The number of rotatable bonds is 5. The van der Waals surface area contributed by atoms with Gasteiger partial charge in [-0.1, -0.05) is 24.2 Å². The van der Waals surface area contributed by atoms with E-state index in [1.165, 1.54) is 24.0 Å². The number of phenols is 1. The van der Waals surface area contributed by atoms with Crippen LogP contribution in [0.5, 0.6) is 5.75 Å². The van der Waals surface area contributed by atoms with Gasteiger partial charge in [-0.3, -0.25) is 0 Å². The van der Waals surface area contributed by atoms with Crippen molar-refractivity contribution in [1.82, 2.24) is 30.5 Å². The normalized spacial score (nSPS) is 24.1. The predicted octanol–water partition coefficient (Wildman–Crippen LogP) is 3.62. The van der Waals surface area contributed by atoms with E-state index in [-0.39, 0.29) is 29.4 Å². The van der Waals surface area contributed by atoms with Gasteiger partial charge in [0, 0.05) is 24.7 Å². The lowest BCUT2D eigenvalue weighted by atomic mass is 9.82. The molecule has 11 heteroatoms. The summed E-state index contributed by atoms with van der Waals surface area (Å²) in [5.41, 5.74) is 0.862. The molecule has 4 atom stereocenters. The topological polar surface area (TPSA) is 100.0 Å². The second kappa shape index (κ2) is 9.38. The van der Waals surface area contributed by atoms with E-state index in [0.717, 1.165) is 25.5 Å². The summed E-state index contributed by atoms with van der Waals surface area (Å²) in [6.07, 6.45) is 7.12. The minimum atomic E-state index is -0.992. The van der Waals surface area contributed by atoms with Crippen molar-refractivity contribution in [3.8, 4) is 28.4 Å². The van der Waals surface area contributed by atoms with E-state index in [1.807, 2.05) is 11.9 Å². The smallest absolute Gasteiger partial charge is 0.187 e. The Morgan fingerprint density at radius 2 is 2.03 bits per heavy atom. The number of aromatic hydroxyl groups is 1. The van der Waals surface area contributed by atoms with E-state index >= 15 is 4.39 Å². The number of hydrogen-bond acceptors (Lipinski definition) is 9. The maximum atomic E-state index is 15.1. The maximum absolute atomic E-state index is 15.1. The van der Waals surface area contributed by atoms with E-state index in [2.05, 4.69) is 30.5 Å². The fourth-order valence-electron chi connectivity index (χ4n) is 4.80. The number of alkyl halides is 1. The molecule has 2 N–H and O–H groups in total.